The van der Waals surface area contributed by atoms with E-state index in [2.05, 4.69) is 37.1 Å². The van der Waals surface area contributed by atoms with Gasteiger partial charge in [0, 0.05) is 29.3 Å². The molecule has 0 saturated carbocycles. The summed E-state index contributed by atoms with van der Waals surface area (Å²) < 4.78 is 0. The number of benzene rings is 1. The quantitative estimate of drug-likeness (QED) is 0.826. The maximum atomic E-state index is 6.22. The van der Waals surface area contributed by atoms with Gasteiger partial charge >= 0.3 is 0 Å². The lowest BCUT2D eigenvalue weighted by atomic mass is 9.97. The highest BCUT2D eigenvalue weighted by atomic mass is 35.5. The molecule has 1 aromatic carbocycles. The van der Waals surface area contributed by atoms with Crippen LogP contribution >= 0.6 is 11.6 Å². The summed E-state index contributed by atoms with van der Waals surface area (Å²) in [5.74, 6) is 0. The first-order valence-electron chi connectivity index (χ1n) is 6.26. The van der Waals surface area contributed by atoms with Crippen molar-refractivity contribution in [3.8, 4) is 0 Å². The van der Waals surface area contributed by atoms with Crippen molar-refractivity contribution in [2.45, 2.75) is 32.7 Å². The fraction of sp³-hybridized carbons (Fsp3) is 0.571. The van der Waals surface area contributed by atoms with Gasteiger partial charge in [-0.3, -0.25) is 0 Å². The minimum Gasteiger partial charge on any atom is -0.365 e. The molecule has 3 heteroatoms. The normalized spacial score (nSPS) is 20.1. The van der Waals surface area contributed by atoms with E-state index in [9.17, 15) is 0 Å². The highest BCUT2D eigenvalue weighted by molar-refractivity contribution is 6.31. The zero-order valence-electron chi connectivity index (χ0n) is 10.9. The molecule has 1 fully saturated rings. The van der Waals surface area contributed by atoms with Crippen LogP contribution in [0.25, 0.3) is 0 Å². The maximum Gasteiger partial charge on any atom is 0.0455 e. The molecule has 0 radical (unpaired) electrons. The molecule has 17 heavy (non-hydrogen) atoms. The van der Waals surface area contributed by atoms with Crippen LogP contribution in [0, 0.1) is 6.92 Å². The fourth-order valence-electron chi connectivity index (χ4n) is 2.48. The van der Waals surface area contributed by atoms with Crippen LogP contribution in [0.2, 0.25) is 5.02 Å². The first-order valence-corrected chi connectivity index (χ1v) is 6.64. The molecule has 1 aliphatic heterocycles. The Bertz CT molecular complexity index is 401. The predicted molar refractivity (Wildman–Crippen MR) is 75.1 cm³/mol. The number of nitrogens with zero attached hydrogens (tertiary/aromatic N) is 1. The summed E-state index contributed by atoms with van der Waals surface area (Å²) in [4.78, 5) is 2.48. The van der Waals surface area contributed by atoms with Gasteiger partial charge in [-0.15, -0.1) is 0 Å². The Balaban J connectivity index is 2.39. The van der Waals surface area contributed by atoms with E-state index < -0.39 is 0 Å². The molecule has 1 heterocycles. The van der Waals surface area contributed by atoms with Crippen molar-refractivity contribution in [1.29, 1.82) is 0 Å². The van der Waals surface area contributed by atoms with Gasteiger partial charge in [0.05, 0.1) is 0 Å². The summed E-state index contributed by atoms with van der Waals surface area (Å²) in [7, 11) is 0. The first kappa shape index (κ1) is 12.7. The molecular formula is C14H21ClN2. The first-order chi connectivity index (χ1) is 8.02. The van der Waals surface area contributed by atoms with Gasteiger partial charge in [0.25, 0.3) is 0 Å². The van der Waals surface area contributed by atoms with Crippen LogP contribution in [-0.2, 0) is 0 Å². The smallest absolute Gasteiger partial charge is 0.0455 e. The molecule has 0 amide bonds. The van der Waals surface area contributed by atoms with E-state index in [1.807, 2.05) is 12.1 Å². The predicted octanol–water partition coefficient (Wildman–Crippen LogP) is 3.23. The molecule has 1 aromatic rings. The van der Waals surface area contributed by atoms with Crippen molar-refractivity contribution in [1.82, 2.24) is 5.32 Å². The molecule has 2 rings (SSSR count). The van der Waals surface area contributed by atoms with Gasteiger partial charge in [-0.1, -0.05) is 17.7 Å². The summed E-state index contributed by atoms with van der Waals surface area (Å²) in [6.45, 7) is 9.87. The number of halogens is 1. The summed E-state index contributed by atoms with van der Waals surface area (Å²) >= 11 is 6.22. The molecule has 94 valence electrons. The van der Waals surface area contributed by atoms with Crippen LogP contribution in [0.1, 0.15) is 25.8 Å². The Labute approximate surface area is 109 Å². The molecule has 0 bridgehead atoms. The lowest BCUT2D eigenvalue weighted by Gasteiger charge is -2.39. The summed E-state index contributed by atoms with van der Waals surface area (Å²) in [6, 6.07) is 6.18. The summed E-state index contributed by atoms with van der Waals surface area (Å²) in [5, 5.41) is 4.32. The molecule has 1 N–H and O–H groups in total. The molecule has 0 unspecified atom stereocenters. The Morgan fingerprint density at radius 3 is 2.82 bits per heavy atom. The van der Waals surface area contributed by atoms with Gasteiger partial charge in [0.1, 0.15) is 0 Å². The van der Waals surface area contributed by atoms with Gasteiger partial charge in [-0.25, -0.2) is 0 Å². The van der Waals surface area contributed by atoms with Crippen molar-refractivity contribution in [3.63, 3.8) is 0 Å². The lowest BCUT2D eigenvalue weighted by molar-refractivity contribution is 0.453. The van der Waals surface area contributed by atoms with Crippen molar-refractivity contribution >= 4 is 17.3 Å². The molecule has 1 aliphatic rings. The Morgan fingerprint density at radius 1 is 1.29 bits per heavy atom. The topological polar surface area (TPSA) is 15.3 Å². The lowest BCUT2D eigenvalue weighted by Crippen LogP contribution is -2.44. The van der Waals surface area contributed by atoms with E-state index in [1.165, 1.54) is 11.3 Å². The second-order valence-corrected chi connectivity index (χ2v) is 5.76. The van der Waals surface area contributed by atoms with Crippen molar-refractivity contribution in [2.75, 3.05) is 24.5 Å². The number of hydrogen-bond donors (Lipinski definition) is 1. The van der Waals surface area contributed by atoms with Gasteiger partial charge in [-0.05, 0) is 51.4 Å². The molecule has 2 nitrogen and oxygen atoms in total. The summed E-state index contributed by atoms with van der Waals surface area (Å²) in [5.41, 5.74) is 2.63. The van der Waals surface area contributed by atoms with Crippen LogP contribution in [-0.4, -0.2) is 25.2 Å². The highest BCUT2D eigenvalue weighted by Crippen LogP contribution is 2.32. The zero-order valence-corrected chi connectivity index (χ0v) is 11.6. The van der Waals surface area contributed by atoms with Gasteiger partial charge in [0.2, 0.25) is 0 Å². The minimum absolute atomic E-state index is 0.180. The van der Waals surface area contributed by atoms with E-state index in [-0.39, 0.29) is 5.54 Å². The molecule has 0 atom stereocenters. The van der Waals surface area contributed by atoms with Crippen LogP contribution in [0.3, 0.4) is 0 Å². The molecule has 0 spiro atoms. The van der Waals surface area contributed by atoms with Crippen molar-refractivity contribution < 1.29 is 0 Å². The zero-order chi connectivity index (χ0) is 12.5. The van der Waals surface area contributed by atoms with Crippen LogP contribution in [0.5, 0.6) is 0 Å². The average molecular weight is 253 g/mol. The van der Waals surface area contributed by atoms with Gasteiger partial charge in [-0.2, -0.15) is 0 Å². The van der Waals surface area contributed by atoms with E-state index in [0.29, 0.717) is 0 Å². The van der Waals surface area contributed by atoms with E-state index in [4.69, 9.17) is 11.6 Å². The Morgan fingerprint density at radius 2 is 2.06 bits per heavy atom. The SMILES string of the molecule is Cc1c(Cl)cccc1N1CCNCCC1(C)C. The average Bonchev–Trinajstić information content (AvgIpc) is 2.44. The second kappa shape index (κ2) is 4.87. The van der Waals surface area contributed by atoms with E-state index >= 15 is 0 Å². The second-order valence-electron chi connectivity index (χ2n) is 5.35. The number of anilines is 1. The van der Waals surface area contributed by atoms with Crippen LogP contribution in [0.15, 0.2) is 18.2 Å². The Kier molecular flexibility index (Phi) is 3.64. The Hall–Kier alpha value is -0.730. The minimum atomic E-state index is 0.180. The molecule has 0 aromatic heterocycles. The maximum absolute atomic E-state index is 6.22. The number of hydrogen-bond acceptors (Lipinski definition) is 2. The standard InChI is InChI=1S/C14H21ClN2/c1-11-12(15)5-4-6-13(11)17-10-9-16-8-7-14(17,2)3/h4-6,16H,7-10H2,1-3H3. The highest BCUT2D eigenvalue weighted by Gasteiger charge is 2.29. The number of nitrogens with one attached hydrogen (secondary N) is 1. The molecule has 1 saturated heterocycles. The fourth-order valence-corrected chi connectivity index (χ4v) is 2.65. The van der Waals surface area contributed by atoms with Gasteiger partial charge < -0.3 is 10.2 Å². The van der Waals surface area contributed by atoms with E-state index in [0.717, 1.165) is 31.1 Å². The van der Waals surface area contributed by atoms with Gasteiger partial charge in [0.15, 0.2) is 0 Å². The van der Waals surface area contributed by atoms with E-state index in [1.54, 1.807) is 0 Å². The monoisotopic (exact) mass is 252 g/mol. The third kappa shape index (κ3) is 2.58. The van der Waals surface area contributed by atoms with Crippen molar-refractivity contribution in [2.24, 2.45) is 0 Å². The molecular weight excluding hydrogens is 232 g/mol. The largest absolute Gasteiger partial charge is 0.365 e. The molecule has 0 aliphatic carbocycles. The third-order valence-electron chi connectivity index (χ3n) is 3.69. The van der Waals surface area contributed by atoms with Crippen LogP contribution < -0.4 is 10.2 Å². The van der Waals surface area contributed by atoms with Crippen LogP contribution in [0.4, 0.5) is 5.69 Å². The summed E-state index contributed by atoms with van der Waals surface area (Å²) in [6.07, 6.45) is 1.15. The van der Waals surface area contributed by atoms with Crippen molar-refractivity contribution in [3.05, 3.63) is 28.8 Å². The number of rotatable bonds is 1. The third-order valence-corrected chi connectivity index (χ3v) is 4.10.